The maximum atomic E-state index is 15.5. The lowest BCUT2D eigenvalue weighted by Gasteiger charge is -2.36. The van der Waals surface area contributed by atoms with Gasteiger partial charge >= 0.3 is 0 Å². The fourth-order valence-corrected chi connectivity index (χ4v) is 10.8. The first kappa shape index (κ1) is 33.6. The lowest BCUT2D eigenvalue weighted by Crippen LogP contribution is -2.58. The van der Waals surface area contributed by atoms with Gasteiger partial charge in [-0.15, -0.1) is 10.9 Å². The second kappa shape index (κ2) is 12.2. The largest absolute Gasteiger partial charge is 0.207 e. The van der Waals surface area contributed by atoms with Gasteiger partial charge in [-0.1, -0.05) is 42.3 Å². The highest BCUT2D eigenvalue weighted by atomic mass is 31.1. The summed E-state index contributed by atoms with van der Waals surface area (Å²) in [4.78, 5) is 0. The third-order valence-electron chi connectivity index (χ3n) is 8.36. The maximum Gasteiger partial charge on any atom is 0.200 e. The van der Waals surface area contributed by atoms with Crippen LogP contribution in [0.3, 0.4) is 0 Å². The normalized spacial score (nSPS) is 12.5. The molecule has 44 heavy (non-hydrogen) atoms. The van der Waals surface area contributed by atoms with Gasteiger partial charge in [0.05, 0.1) is 17.3 Å². The standard InChI is InChI=1S/C32H27BF10P/c1-12-8-14(3)31(15(4)9-12)44(32-16(5)10-13(2)11-17(32)6)18(7)33(19-21(34)25(38)29(42)26(39)22(19)35)20-23(36)27(40)30(43)28(41)24(20)37/h8-11,18,33H,1-7H3/q-1/p+1/t18-/m1/s1. The Labute approximate surface area is 250 Å². The smallest absolute Gasteiger partial charge is 0.200 e. The number of aryl methyl sites for hydroxylation is 6. The van der Waals surface area contributed by atoms with Gasteiger partial charge in [-0.05, 0) is 69.4 Å². The lowest BCUT2D eigenvalue weighted by atomic mass is 9.38. The zero-order valence-electron chi connectivity index (χ0n) is 24.9. The van der Waals surface area contributed by atoms with E-state index in [0.717, 1.165) is 11.1 Å². The molecule has 4 aromatic carbocycles. The van der Waals surface area contributed by atoms with Crippen molar-refractivity contribution in [3.05, 3.63) is 116 Å². The second-order valence-electron chi connectivity index (χ2n) is 11.5. The maximum absolute atomic E-state index is 15.5. The van der Waals surface area contributed by atoms with Crippen LogP contribution in [0.1, 0.15) is 40.3 Å². The van der Waals surface area contributed by atoms with E-state index >= 15 is 17.6 Å². The molecule has 0 spiro atoms. The Morgan fingerprint density at radius 3 is 0.909 bits per heavy atom. The predicted octanol–water partition coefficient (Wildman–Crippen LogP) is 7.06. The molecule has 234 valence electrons. The molecule has 0 aliphatic carbocycles. The van der Waals surface area contributed by atoms with Gasteiger partial charge in [-0.3, -0.25) is 0 Å². The van der Waals surface area contributed by atoms with Crippen molar-refractivity contribution in [2.75, 3.05) is 0 Å². The Bertz CT molecular complexity index is 1590. The molecule has 0 aliphatic heterocycles. The molecule has 0 radical (unpaired) electrons. The summed E-state index contributed by atoms with van der Waals surface area (Å²) in [5.74, 6) is -24.2. The molecule has 0 aliphatic rings. The van der Waals surface area contributed by atoms with Gasteiger partial charge < -0.3 is 0 Å². The minimum Gasteiger partial charge on any atom is -0.207 e. The van der Waals surface area contributed by atoms with Crippen LogP contribution in [0.4, 0.5) is 43.9 Å². The summed E-state index contributed by atoms with van der Waals surface area (Å²) in [6.45, 7) is 8.15. The number of benzene rings is 4. The first-order chi connectivity index (χ1) is 20.4. The highest BCUT2D eigenvalue weighted by Crippen LogP contribution is 2.45. The average molecular weight is 644 g/mol. The summed E-state index contributed by atoms with van der Waals surface area (Å²) >= 11 is 0. The molecule has 0 fully saturated rings. The van der Waals surface area contributed by atoms with Crippen molar-refractivity contribution in [3.63, 3.8) is 0 Å². The summed E-state index contributed by atoms with van der Waals surface area (Å²) < 4.78 is 149. The molecule has 4 rings (SSSR count). The molecule has 0 N–H and O–H groups in total. The average Bonchev–Trinajstić information content (AvgIpc) is 2.94. The summed E-state index contributed by atoms with van der Waals surface area (Å²) in [5.41, 5.74) is -0.190. The van der Waals surface area contributed by atoms with Gasteiger partial charge in [-0.2, -0.15) is 0 Å². The van der Waals surface area contributed by atoms with Crippen molar-refractivity contribution >= 4 is 36.2 Å². The summed E-state index contributed by atoms with van der Waals surface area (Å²) in [7, 11) is -2.57. The minimum absolute atomic E-state index is 0.619. The van der Waals surface area contributed by atoms with Crippen LogP contribution < -0.4 is 21.5 Å². The van der Waals surface area contributed by atoms with Gasteiger partial charge in [-0.25, -0.2) is 43.9 Å². The summed E-state index contributed by atoms with van der Waals surface area (Å²) in [5, 5.41) is 1.24. The molecular formula is C32H28BF10P. The highest BCUT2D eigenvalue weighted by Gasteiger charge is 2.42. The Balaban J connectivity index is 2.24. The number of halogens is 10. The topological polar surface area (TPSA) is 0 Å². The van der Waals surface area contributed by atoms with E-state index in [9.17, 15) is 26.3 Å². The molecule has 1 atom stereocenters. The van der Waals surface area contributed by atoms with Crippen molar-refractivity contribution in [2.24, 2.45) is 0 Å². The molecule has 0 nitrogen and oxygen atoms in total. The van der Waals surface area contributed by atoms with E-state index < -0.39 is 89.3 Å². The van der Waals surface area contributed by atoms with E-state index in [4.69, 9.17) is 0 Å². The monoisotopic (exact) mass is 644 g/mol. The van der Waals surface area contributed by atoms with E-state index in [2.05, 4.69) is 0 Å². The van der Waals surface area contributed by atoms with Crippen LogP contribution in [0.2, 0.25) is 0 Å². The fourth-order valence-electron chi connectivity index (χ4n) is 6.79. The highest BCUT2D eigenvalue weighted by molar-refractivity contribution is 7.76. The Morgan fingerprint density at radius 2 is 0.659 bits per heavy atom. The van der Waals surface area contributed by atoms with Crippen molar-refractivity contribution in [2.45, 2.75) is 54.0 Å². The molecule has 4 aromatic rings. The van der Waals surface area contributed by atoms with E-state index in [1.165, 1.54) is 6.92 Å². The zero-order valence-corrected chi connectivity index (χ0v) is 25.9. The van der Waals surface area contributed by atoms with Crippen molar-refractivity contribution < 1.29 is 43.9 Å². The van der Waals surface area contributed by atoms with Crippen molar-refractivity contribution in [1.82, 2.24) is 0 Å². The van der Waals surface area contributed by atoms with Crippen LogP contribution in [0.5, 0.6) is 0 Å². The lowest BCUT2D eigenvalue weighted by molar-refractivity contribution is 0.382. The van der Waals surface area contributed by atoms with Gasteiger partial charge in [0, 0.05) is 7.92 Å². The molecule has 0 aromatic heterocycles. The predicted molar refractivity (Wildman–Crippen MR) is 157 cm³/mol. The first-order valence-corrected chi connectivity index (χ1v) is 15.3. The number of rotatable bonds is 6. The fraction of sp³-hybridized carbons (Fsp3) is 0.250. The molecule has 0 amide bonds. The van der Waals surface area contributed by atoms with Crippen molar-refractivity contribution in [1.29, 1.82) is 0 Å². The molecule has 12 heteroatoms. The number of hydrogen-bond acceptors (Lipinski definition) is 0. The minimum atomic E-state index is -3.77. The van der Waals surface area contributed by atoms with Gasteiger partial charge in [0.15, 0.2) is 34.9 Å². The second-order valence-corrected chi connectivity index (χ2v) is 14.4. The van der Waals surface area contributed by atoms with Crippen molar-refractivity contribution in [3.8, 4) is 0 Å². The zero-order chi connectivity index (χ0) is 33.1. The molecule has 0 bridgehead atoms. The summed E-state index contributed by atoms with van der Waals surface area (Å²) in [6.07, 6.45) is 0. The van der Waals surface area contributed by atoms with E-state index in [-0.39, 0.29) is 0 Å². The molecule has 0 heterocycles. The molecule has 0 saturated heterocycles. The number of hydrogen-bond donors (Lipinski definition) is 0. The Kier molecular flexibility index (Phi) is 9.33. The Hall–Kier alpha value is -3.33. The van der Waals surface area contributed by atoms with Gasteiger partial charge in [0.1, 0.15) is 23.3 Å². The quantitative estimate of drug-likeness (QED) is 0.0694. The van der Waals surface area contributed by atoms with E-state index in [0.29, 0.717) is 32.9 Å². The first-order valence-electron chi connectivity index (χ1n) is 13.7. The Morgan fingerprint density at radius 1 is 0.432 bits per heavy atom. The molecule has 0 saturated carbocycles. The van der Waals surface area contributed by atoms with E-state index in [1.807, 2.05) is 13.8 Å². The van der Waals surface area contributed by atoms with Gasteiger partial charge in [0.25, 0.3) is 0 Å². The third-order valence-corrected chi connectivity index (χ3v) is 12.4. The van der Waals surface area contributed by atoms with Crippen LogP contribution >= 0.6 is 7.92 Å². The summed E-state index contributed by atoms with van der Waals surface area (Å²) in [6, 6.07) is 7.22. The van der Waals surface area contributed by atoms with Crippen LogP contribution in [0.25, 0.3) is 0 Å². The van der Waals surface area contributed by atoms with E-state index in [1.54, 1.807) is 52.0 Å². The van der Waals surface area contributed by atoms with Crippen LogP contribution in [-0.2, 0) is 0 Å². The molecular weight excluding hydrogens is 616 g/mol. The third kappa shape index (κ3) is 5.42. The van der Waals surface area contributed by atoms with Crippen LogP contribution in [0.15, 0.2) is 24.3 Å². The SMILES string of the molecule is Cc1cc(C)c([PH+](c2c(C)cc(C)cc2C)[C@H](C)[BH-](c2c(F)c(F)c(F)c(F)c2F)c2c(F)c(F)c(F)c(F)c2F)c(C)c1. The molecule has 0 unspecified atom stereocenters. The van der Waals surface area contributed by atoms with Gasteiger partial charge in [0.2, 0.25) is 0 Å². The van der Waals surface area contributed by atoms with Crippen LogP contribution in [-0.4, -0.2) is 12.3 Å². The van der Waals surface area contributed by atoms with Crippen LogP contribution in [0, 0.1) is 99.7 Å².